The molecule has 0 radical (unpaired) electrons. The zero-order valence-corrected chi connectivity index (χ0v) is 15.3. The zero-order valence-electron chi connectivity index (χ0n) is 12.2. The van der Waals surface area contributed by atoms with Gasteiger partial charge in [0.25, 0.3) is 0 Å². The fourth-order valence-corrected chi connectivity index (χ4v) is 3.72. The Balaban J connectivity index is 2.06. The van der Waals surface area contributed by atoms with E-state index in [0.29, 0.717) is 0 Å². The average Bonchev–Trinajstić information content (AvgIpc) is 2.84. The van der Waals surface area contributed by atoms with E-state index in [4.69, 9.17) is 16.6 Å². The Hall–Kier alpha value is -1.36. The highest BCUT2D eigenvalue weighted by molar-refractivity contribution is 9.10. The van der Waals surface area contributed by atoms with Crippen LogP contribution in [0.2, 0.25) is 5.02 Å². The van der Waals surface area contributed by atoms with Crippen molar-refractivity contribution in [2.45, 2.75) is 6.92 Å². The van der Waals surface area contributed by atoms with E-state index in [9.17, 15) is 0 Å². The van der Waals surface area contributed by atoms with E-state index in [-0.39, 0.29) is 0 Å². The van der Waals surface area contributed by atoms with Crippen LogP contribution in [0.3, 0.4) is 0 Å². The summed E-state index contributed by atoms with van der Waals surface area (Å²) in [5, 5.41) is 2.87. The standard InChI is InChI=1S/C17H14BrClN2S/c1-11-9-13(18)5-8-15(11)20-17-21(2)16(10-22-17)12-3-6-14(19)7-4-12/h3-10H,1-2H3. The molecule has 1 aromatic heterocycles. The predicted octanol–water partition coefficient (Wildman–Crippen LogP) is 5.71. The molecule has 1 heterocycles. The molecule has 0 aliphatic carbocycles. The number of halogens is 2. The number of thiazole rings is 1. The second kappa shape index (κ2) is 6.41. The van der Waals surface area contributed by atoms with Crippen molar-refractivity contribution in [2.75, 3.05) is 0 Å². The number of rotatable bonds is 2. The Morgan fingerprint density at radius 3 is 2.55 bits per heavy atom. The number of aryl methyl sites for hydroxylation is 1. The minimum absolute atomic E-state index is 0.747. The van der Waals surface area contributed by atoms with E-state index in [2.05, 4.69) is 38.9 Å². The van der Waals surface area contributed by atoms with Gasteiger partial charge >= 0.3 is 0 Å². The van der Waals surface area contributed by atoms with Crippen LogP contribution in [0.25, 0.3) is 11.3 Å². The molecule has 2 aromatic carbocycles. The van der Waals surface area contributed by atoms with Crippen molar-refractivity contribution in [3.05, 3.63) is 67.7 Å². The van der Waals surface area contributed by atoms with E-state index in [1.807, 2.05) is 43.4 Å². The molecule has 0 spiro atoms. The lowest BCUT2D eigenvalue weighted by atomic mass is 10.2. The Morgan fingerprint density at radius 1 is 1.14 bits per heavy atom. The molecule has 3 rings (SSSR count). The second-order valence-electron chi connectivity index (χ2n) is 5.01. The molecule has 3 aromatic rings. The van der Waals surface area contributed by atoms with Crippen molar-refractivity contribution >= 4 is 44.6 Å². The molecule has 5 heteroatoms. The molecule has 0 N–H and O–H groups in total. The van der Waals surface area contributed by atoms with Gasteiger partial charge < -0.3 is 4.57 Å². The van der Waals surface area contributed by atoms with Crippen molar-refractivity contribution in [3.63, 3.8) is 0 Å². The van der Waals surface area contributed by atoms with Crippen molar-refractivity contribution in [2.24, 2.45) is 12.0 Å². The molecule has 0 fully saturated rings. The largest absolute Gasteiger partial charge is 0.320 e. The third kappa shape index (κ3) is 3.19. The van der Waals surface area contributed by atoms with Crippen LogP contribution in [0.4, 0.5) is 5.69 Å². The van der Waals surface area contributed by atoms with E-state index in [1.165, 1.54) is 0 Å². The summed E-state index contributed by atoms with van der Waals surface area (Å²) in [6.07, 6.45) is 0. The summed E-state index contributed by atoms with van der Waals surface area (Å²) < 4.78 is 3.18. The molecule has 0 amide bonds. The van der Waals surface area contributed by atoms with Gasteiger partial charge in [0.1, 0.15) is 0 Å². The van der Waals surface area contributed by atoms with E-state index in [1.54, 1.807) is 11.3 Å². The molecule has 22 heavy (non-hydrogen) atoms. The van der Waals surface area contributed by atoms with E-state index < -0.39 is 0 Å². The van der Waals surface area contributed by atoms with Gasteiger partial charge in [-0.15, -0.1) is 11.3 Å². The van der Waals surface area contributed by atoms with E-state index >= 15 is 0 Å². The fraction of sp³-hybridized carbons (Fsp3) is 0.118. The van der Waals surface area contributed by atoms with Gasteiger partial charge in [-0.25, -0.2) is 4.99 Å². The van der Waals surface area contributed by atoms with Gasteiger partial charge in [-0.3, -0.25) is 0 Å². The van der Waals surface area contributed by atoms with Crippen LogP contribution in [0.1, 0.15) is 5.56 Å². The number of hydrogen-bond donors (Lipinski definition) is 0. The first-order valence-corrected chi connectivity index (χ1v) is 8.81. The lowest BCUT2D eigenvalue weighted by molar-refractivity contribution is 0.882. The maximum Gasteiger partial charge on any atom is 0.190 e. The average molecular weight is 394 g/mol. The highest BCUT2D eigenvalue weighted by atomic mass is 79.9. The third-order valence-corrected chi connectivity index (χ3v) is 5.10. The molecule has 0 aliphatic rings. The van der Waals surface area contributed by atoms with Gasteiger partial charge in [-0.2, -0.15) is 0 Å². The first-order valence-electron chi connectivity index (χ1n) is 6.76. The van der Waals surface area contributed by atoms with Crippen LogP contribution >= 0.6 is 38.9 Å². The van der Waals surface area contributed by atoms with Crippen LogP contribution in [0, 0.1) is 6.92 Å². The van der Waals surface area contributed by atoms with E-state index in [0.717, 1.165) is 36.8 Å². The molecule has 0 atom stereocenters. The first-order chi connectivity index (χ1) is 10.5. The van der Waals surface area contributed by atoms with Crippen LogP contribution < -0.4 is 4.80 Å². The lowest BCUT2D eigenvalue weighted by Gasteiger charge is -2.04. The Morgan fingerprint density at radius 2 is 1.86 bits per heavy atom. The maximum absolute atomic E-state index is 5.96. The Bertz CT molecular complexity index is 878. The lowest BCUT2D eigenvalue weighted by Crippen LogP contribution is -2.10. The predicted molar refractivity (Wildman–Crippen MR) is 97.8 cm³/mol. The highest BCUT2D eigenvalue weighted by Gasteiger charge is 2.05. The summed E-state index contributed by atoms with van der Waals surface area (Å²) in [5.74, 6) is 0. The second-order valence-corrected chi connectivity index (χ2v) is 7.20. The van der Waals surface area contributed by atoms with Crippen molar-refractivity contribution < 1.29 is 0 Å². The smallest absolute Gasteiger partial charge is 0.190 e. The SMILES string of the molecule is Cc1cc(Br)ccc1N=c1scc(-c2ccc(Cl)cc2)n1C. The first kappa shape index (κ1) is 15.5. The van der Waals surface area contributed by atoms with Gasteiger partial charge in [0.05, 0.1) is 11.4 Å². The van der Waals surface area contributed by atoms with Crippen molar-refractivity contribution in [1.29, 1.82) is 0 Å². The van der Waals surface area contributed by atoms with Gasteiger partial charge in [-0.05, 0) is 48.4 Å². The minimum Gasteiger partial charge on any atom is -0.320 e. The topological polar surface area (TPSA) is 17.3 Å². The van der Waals surface area contributed by atoms with Crippen LogP contribution in [-0.4, -0.2) is 4.57 Å². The molecular weight excluding hydrogens is 380 g/mol. The van der Waals surface area contributed by atoms with Crippen LogP contribution in [-0.2, 0) is 7.05 Å². The molecule has 0 bridgehead atoms. The summed E-state index contributed by atoms with van der Waals surface area (Å²) in [7, 11) is 2.04. The summed E-state index contributed by atoms with van der Waals surface area (Å²) in [5.41, 5.74) is 4.41. The summed E-state index contributed by atoms with van der Waals surface area (Å²) in [6.45, 7) is 2.07. The summed E-state index contributed by atoms with van der Waals surface area (Å²) >= 11 is 11.1. The zero-order chi connectivity index (χ0) is 15.7. The molecule has 0 saturated heterocycles. The van der Waals surface area contributed by atoms with Crippen LogP contribution in [0.15, 0.2) is 57.3 Å². The van der Waals surface area contributed by atoms with Crippen molar-refractivity contribution in [1.82, 2.24) is 4.57 Å². The Kier molecular flexibility index (Phi) is 4.52. The normalized spacial score (nSPS) is 11.9. The number of hydrogen-bond acceptors (Lipinski definition) is 2. The molecule has 112 valence electrons. The number of nitrogens with zero attached hydrogens (tertiary/aromatic N) is 2. The molecule has 0 saturated carbocycles. The van der Waals surface area contributed by atoms with Gasteiger partial charge in [0, 0.05) is 21.9 Å². The minimum atomic E-state index is 0.747. The van der Waals surface area contributed by atoms with Crippen molar-refractivity contribution in [3.8, 4) is 11.3 Å². The van der Waals surface area contributed by atoms with Crippen LogP contribution in [0.5, 0.6) is 0 Å². The summed E-state index contributed by atoms with van der Waals surface area (Å²) in [4.78, 5) is 5.75. The fourth-order valence-electron chi connectivity index (χ4n) is 2.20. The van der Waals surface area contributed by atoms with Gasteiger partial charge in [0.2, 0.25) is 0 Å². The van der Waals surface area contributed by atoms with Gasteiger partial charge in [-0.1, -0.05) is 39.7 Å². The highest BCUT2D eigenvalue weighted by Crippen LogP contribution is 2.24. The quantitative estimate of drug-likeness (QED) is 0.530. The molecule has 2 nitrogen and oxygen atoms in total. The monoisotopic (exact) mass is 392 g/mol. The Labute approximate surface area is 146 Å². The van der Waals surface area contributed by atoms with Gasteiger partial charge in [0.15, 0.2) is 4.80 Å². The molecule has 0 unspecified atom stereocenters. The molecule has 0 aliphatic heterocycles. The number of benzene rings is 2. The third-order valence-electron chi connectivity index (χ3n) is 3.44. The number of aromatic nitrogens is 1. The molecular formula is C17H14BrClN2S. The summed E-state index contributed by atoms with van der Waals surface area (Å²) in [6, 6.07) is 14.0. The maximum atomic E-state index is 5.96.